The molecule has 0 saturated heterocycles. The van der Waals surface area contributed by atoms with Gasteiger partial charge in [0.2, 0.25) is 0 Å². The number of hydrogen-bond acceptors (Lipinski definition) is 5. The fourth-order valence-electron chi connectivity index (χ4n) is 6.30. The molecule has 47 heavy (non-hydrogen) atoms. The number of ether oxygens (including phenoxy) is 1. The number of halogens is 1. The van der Waals surface area contributed by atoms with Gasteiger partial charge in [-0.2, -0.15) is 0 Å². The fourth-order valence-corrected chi connectivity index (χ4v) is 7.73. The van der Waals surface area contributed by atoms with Gasteiger partial charge in [0.25, 0.3) is 0 Å². The molecule has 0 amide bonds. The summed E-state index contributed by atoms with van der Waals surface area (Å²) in [7, 11) is -2.31. The first-order valence-electron chi connectivity index (χ1n) is 15.4. The van der Waals surface area contributed by atoms with Crippen molar-refractivity contribution in [2.45, 2.75) is 23.8 Å². The molecule has 0 aliphatic carbocycles. The minimum Gasteiger partial charge on any atom is -0.465 e. The molecule has 6 rings (SSSR count). The van der Waals surface area contributed by atoms with E-state index >= 15 is 0 Å². The zero-order chi connectivity index (χ0) is 33.0. The number of aromatic nitrogens is 1. The molecule has 0 bridgehead atoms. The maximum Gasteiger partial charge on any atom is 0.337 e. The highest BCUT2D eigenvalue weighted by Crippen LogP contribution is 2.38. The Bertz CT molecular complexity index is 2090. The average Bonchev–Trinajstić information content (AvgIpc) is 3.39. The second-order valence-corrected chi connectivity index (χ2v) is 13.9. The molecule has 0 radical (unpaired) electrons. The minimum absolute atomic E-state index is 0.0785. The lowest BCUT2D eigenvalue weighted by atomic mass is 9.97. The van der Waals surface area contributed by atoms with Gasteiger partial charge in [-0.15, -0.1) is 0 Å². The highest BCUT2D eigenvalue weighted by molar-refractivity contribution is 7.91. The van der Waals surface area contributed by atoms with E-state index in [0.29, 0.717) is 30.0 Å². The number of methoxy groups -OCH3 is 1. The molecule has 1 heterocycles. The van der Waals surface area contributed by atoms with Crippen LogP contribution in [-0.2, 0) is 27.4 Å². The summed E-state index contributed by atoms with van der Waals surface area (Å²) in [5.74, 6) is -0.507. The largest absolute Gasteiger partial charge is 0.465 e. The lowest BCUT2D eigenvalue weighted by Crippen LogP contribution is -2.18. The lowest BCUT2D eigenvalue weighted by Gasteiger charge is -2.25. The number of hydrogen-bond donors (Lipinski definition) is 1. The number of carbonyl (C=O) groups is 1. The summed E-state index contributed by atoms with van der Waals surface area (Å²) in [5, 5.41) is 1.57. The molecule has 5 aromatic carbocycles. The van der Waals surface area contributed by atoms with Crippen LogP contribution in [0.2, 0.25) is 5.02 Å². The van der Waals surface area contributed by atoms with Crippen molar-refractivity contribution in [2.75, 3.05) is 19.4 Å². The van der Waals surface area contributed by atoms with Gasteiger partial charge in [-0.25, -0.2) is 13.2 Å². The minimum atomic E-state index is -3.65. The van der Waals surface area contributed by atoms with Crippen molar-refractivity contribution >= 4 is 38.3 Å². The first kappa shape index (κ1) is 32.3. The van der Waals surface area contributed by atoms with Gasteiger partial charge in [-0.1, -0.05) is 103 Å². The van der Waals surface area contributed by atoms with E-state index < -0.39 is 15.8 Å². The van der Waals surface area contributed by atoms with Crippen LogP contribution in [0.4, 0.5) is 0 Å². The van der Waals surface area contributed by atoms with Crippen LogP contribution in [0.1, 0.15) is 38.8 Å². The summed E-state index contributed by atoms with van der Waals surface area (Å²) in [5.41, 5.74) is 13.3. The fraction of sp³-hybridized carbons (Fsp3) is 0.154. The molecule has 0 aliphatic heterocycles. The Morgan fingerprint density at radius 2 is 1.45 bits per heavy atom. The Morgan fingerprint density at radius 3 is 2.06 bits per heavy atom. The third kappa shape index (κ3) is 6.74. The summed E-state index contributed by atoms with van der Waals surface area (Å²) in [6.07, 6.45) is 0.874. The maximum absolute atomic E-state index is 13.8. The van der Waals surface area contributed by atoms with Crippen LogP contribution in [0.5, 0.6) is 0 Å². The van der Waals surface area contributed by atoms with Crippen LogP contribution in [-0.4, -0.2) is 38.4 Å². The molecule has 6 nitrogen and oxygen atoms in total. The third-order valence-electron chi connectivity index (χ3n) is 8.50. The van der Waals surface area contributed by atoms with E-state index in [1.54, 1.807) is 42.5 Å². The van der Waals surface area contributed by atoms with Crippen molar-refractivity contribution in [1.29, 1.82) is 0 Å². The van der Waals surface area contributed by atoms with Gasteiger partial charge in [-0.3, -0.25) is 0 Å². The Morgan fingerprint density at radius 1 is 0.787 bits per heavy atom. The molecule has 8 heteroatoms. The monoisotopic (exact) mass is 662 g/mol. The van der Waals surface area contributed by atoms with E-state index in [1.807, 2.05) is 60.7 Å². The van der Waals surface area contributed by atoms with Crippen LogP contribution in [0.3, 0.4) is 0 Å². The zero-order valence-corrected chi connectivity index (χ0v) is 27.5. The average molecular weight is 663 g/mol. The molecule has 0 aliphatic rings. The maximum atomic E-state index is 13.8. The van der Waals surface area contributed by atoms with Gasteiger partial charge >= 0.3 is 5.97 Å². The Balaban J connectivity index is 1.38. The number of sulfone groups is 1. The standard InChI is InChI=1S/C39H35ClN2O4S/c1-46-39(43)31-14-8-13-30(25-31)27-15-18-33(19-16-27)47(44,45)24-22-35-34-20-17-32(40)26-37(34)42(36(35)21-23-41)38(28-9-4-2-5-10-28)29-11-6-3-7-12-29/h2-20,25-26,38H,21-24,41H2,1H3. The molecule has 0 spiro atoms. The van der Waals surface area contributed by atoms with Crippen molar-refractivity contribution < 1.29 is 17.9 Å². The topological polar surface area (TPSA) is 91.4 Å². The van der Waals surface area contributed by atoms with Crippen LogP contribution >= 0.6 is 11.6 Å². The molecule has 1 aromatic heterocycles. The van der Waals surface area contributed by atoms with Gasteiger partial charge < -0.3 is 15.0 Å². The van der Waals surface area contributed by atoms with E-state index in [1.165, 1.54) is 7.11 Å². The molecule has 6 aromatic rings. The zero-order valence-electron chi connectivity index (χ0n) is 26.0. The number of rotatable bonds is 11. The van der Waals surface area contributed by atoms with Gasteiger partial charge in [0.15, 0.2) is 9.84 Å². The first-order chi connectivity index (χ1) is 22.8. The molecular formula is C39H35ClN2O4S. The Kier molecular flexibility index (Phi) is 9.59. The van der Waals surface area contributed by atoms with Crippen molar-refractivity contribution in [3.05, 3.63) is 160 Å². The van der Waals surface area contributed by atoms with Crippen molar-refractivity contribution in [3.8, 4) is 11.1 Å². The second-order valence-electron chi connectivity index (χ2n) is 11.4. The normalized spacial score (nSPS) is 11.7. The summed E-state index contributed by atoms with van der Waals surface area (Å²) >= 11 is 6.59. The number of nitrogens with two attached hydrogens (primary N) is 1. The van der Waals surface area contributed by atoms with Crippen molar-refractivity contribution in [1.82, 2.24) is 4.57 Å². The number of carbonyl (C=O) groups excluding carboxylic acids is 1. The van der Waals surface area contributed by atoms with Gasteiger partial charge in [0, 0.05) is 22.5 Å². The van der Waals surface area contributed by atoms with Gasteiger partial charge in [0.05, 0.1) is 34.9 Å². The van der Waals surface area contributed by atoms with Crippen molar-refractivity contribution in [3.63, 3.8) is 0 Å². The first-order valence-corrected chi connectivity index (χ1v) is 17.5. The SMILES string of the molecule is COC(=O)c1cccc(-c2ccc(S(=O)(=O)CCc3c(CCN)n(C(c4ccccc4)c4ccccc4)c4cc(Cl)ccc34)cc2)c1. The Hall–Kier alpha value is -4.69. The van der Waals surface area contributed by atoms with E-state index in [2.05, 4.69) is 28.8 Å². The molecule has 0 unspecified atom stereocenters. The van der Waals surface area contributed by atoms with E-state index in [0.717, 1.165) is 44.4 Å². The van der Waals surface area contributed by atoms with Crippen LogP contribution in [0.15, 0.2) is 132 Å². The van der Waals surface area contributed by atoms with E-state index in [-0.39, 0.29) is 16.7 Å². The summed E-state index contributed by atoms with van der Waals surface area (Å²) in [4.78, 5) is 12.2. The number of fused-ring (bicyclic) bond motifs is 1. The molecular weight excluding hydrogens is 628 g/mol. The van der Waals surface area contributed by atoms with Crippen LogP contribution in [0, 0.1) is 0 Å². The lowest BCUT2D eigenvalue weighted by molar-refractivity contribution is 0.0600. The Labute approximate surface area is 280 Å². The molecule has 0 fully saturated rings. The third-order valence-corrected chi connectivity index (χ3v) is 10.5. The summed E-state index contributed by atoms with van der Waals surface area (Å²) in [6.45, 7) is 0.402. The summed E-state index contributed by atoms with van der Waals surface area (Å²) in [6, 6.07) is 40.0. The number of aryl methyl sites for hydroxylation is 1. The molecule has 0 saturated carbocycles. The molecule has 0 atom stereocenters. The van der Waals surface area contributed by atoms with Crippen molar-refractivity contribution in [2.24, 2.45) is 5.73 Å². The predicted octanol–water partition coefficient (Wildman–Crippen LogP) is 7.90. The number of esters is 1. The van der Waals surface area contributed by atoms with E-state index in [4.69, 9.17) is 22.1 Å². The van der Waals surface area contributed by atoms with Crippen LogP contribution in [0.25, 0.3) is 22.0 Å². The second kappa shape index (κ2) is 14.0. The van der Waals surface area contributed by atoms with Crippen LogP contribution < -0.4 is 5.73 Å². The quantitative estimate of drug-likeness (QED) is 0.142. The summed E-state index contributed by atoms with van der Waals surface area (Å²) < 4.78 is 34.7. The highest BCUT2D eigenvalue weighted by Gasteiger charge is 2.26. The highest BCUT2D eigenvalue weighted by atomic mass is 35.5. The molecule has 2 N–H and O–H groups in total. The smallest absolute Gasteiger partial charge is 0.337 e. The van der Waals surface area contributed by atoms with Gasteiger partial charge in [-0.05, 0) is 77.2 Å². The van der Waals surface area contributed by atoms with Gasteiger partial charge in [0.1, 0.15) is 0 Å². The predicted molar refractivity (Wildman–Crippen MR) is 189 cm³/mol. The number of nitrogens with zero attached hydrogens (tertiary/aromatic N) is 1. The molecule has 238 valence electrons. The number of benzene rings is 5. The van der Waals surface area contributed by atoms with E-state index in [9.17, 15) is 13.2 Å².